The second-order valence-corrected chi connectivity index (χ2v) is 4.42. The molecule has 6 nitrogen and oxygen atoms in total. The maximum atomic E-state index is 11.7. The quantitative estimate of drug-likeness (QED) is 0.767. The summed E-state index contributed by atoms with van der Waals surface area (Å²) in [7, 11) is 1.49. The molecule has 20 heavy (non-hydrogen) atoms. The fourth-order valence-corrected chi connectivity index (χ4v) is 1.66. The molecule has 0 saturated heterocycles. The number of nitrogens with zero attached hydrogens (tertiary/aromatic N) is 1. The van der Waals surface area contributed by atoms with Gasteiger partial charge in [-0.25, -0.2) is 9.78 Å². The maximum Gasteiger partial charge on any atom is 0.340 e. The lowest BCUT2D eigenvalue weighted by atomic mass is 10.2. The number of nitrogens with one attached hydrogen (secondary N) is 1. The van der Waals surface area contributed by atoms with Gasteiger partial charge < -0.3 is 14.8 Å². The summed E-state index contributed by atoms with van der Waals surface area (Å²) in [6.07, 6.45) is 3.22. The number of rotatable bonds is 7. The van der Waals surface area contributed by atoms with Crippen LogP contribution in [0.3, 0.4) is 0 Å². The second kappa shape index (κ2) is 8.14. The average Bonchev–Trinajstić information content (AvgIpc) is 2.45. The van der Waals surface area contributed by atoms with E-state index in [0.29, 0.717) is 5.88 Å². The van der Waals surface area contributed by atoms with E-state index >= 15 is 0 Å². The van der Waals surface area contributed by atoms with Crippen molar-refractivity contribution in [2.24, 2.45) is 0 Å². The van der Waals surface area contributed by atoms with E-state index < -0.39 is 5.97 Å². The minimum atomic E-state index is -0.585. The Morgan fingerprint density at radius 3 is 2.70 bits per heavy atom. The van der Waals surface area contributed by atoms with E-state index in [1.807, 2.05) is 13.8 Å². The lowest BCUT2D eigenvalue weighted by Gasteiger charge is -2.12. The highest BCUT2D eigenvalue weighted by molar-refractivity contribution is 5.91. The third-order valence-electron chi connectivity index (χ3n) is 2.64. The molecule has 110 valence electrons. The molecule has 1 amide bonds. The van der Waals surface area contributed by atoms with Gasteiger partial charge in [-0.3, -0.25) is 4.79 Å². The highest BCUT2D eigenvalue weighted by atomic mass is 16.5. The molecule has 1 aromatic heterocycles. The number of carbonyl (C=O) groups is 2. The van der Waals surface area contributed by atoms with Gasteiger partial charge in [0.25, 0.3) is 5.91 Å². The van der Waals surface area contributed by atoms with Crippen molar-refractivity contribution >= 4 is 11.9 Å². The SMILES string of the molecule is CCC[C@@H](C)NC(=O)COC(=O)c1ccc(OC)nc1. The highest BCUT2D eigenvalue weighted by Gasteiger charge is 2.12. The number of amides is 1. The van der Waals surface area contributed by atoms with Crippen molar-refractivity contribution in [1.82, 2.24) is 10.3 Å². The Morgan fingerprint density at radius 1 is 1.40 bits per heavy atom. The van der Waals surface area contributed by atoms with Crippen molar-refractivity contribution in [3.8, 4) is 5.88 Å². The molecule has 1 rings (SSSR count). The summed E-state index contributed by atoms with van der Waals surface area (Å²) in [4.78, 5) is 27.1. The number of hydrogen-bond acceptors (Lipinski definition) is 5. The monoisotopic (exact) mass is 280 g/mol. The standard InChI is InChI=1S/C14H20N2O4/c1-4-5-10(2)16-12(17)9-20-14(18)11-6-7-13(19-3)15-8-11/h6-8,10H,4-5,9H2,1-3H3,(H,16,17)/t10-/m1/s1. The number of aromatic nitrogens is 1. The Kier molecular flexibility index (Phi) is 6.49. The zero-order valence-corrected chi connectivity index (χ0v) is 12.0. The molecule has 1 aromatic rings. The zero-order valence-electron chi connectivity index (χ0n) is 12.0. The average molecular weight is 280 g/mol. The van der Waals surface area contributed by atoms with E-state index in [1.165, 1.54) is 19.4 Å². The minimum Gasteiger partial charge on any atom is -0.481 e. The van der Waals surface area contributed by atoms with Crippen molar-refractivity contribution < 1.29 is 19.1 Å². The van der Waals surface area contributed by atoms with Gasteiger partial charge in [-0.15, -0.1) is 0 Å². The lowest BCUT2D eigenvalue weighted by Crippen LogP contribution is -2.35. The zero-order chi connectivity index (χ0) is 15.0. The Bertz CT molecular complexity index is 445. The first-order chi connectivity index (χ1) is 9.56. The van der Waals surface area contributed by atoms with Crippen LogP contribution in [0.2, 0.25) is 0 Å². The fourth-order valence-electron chi connectivity index (χ4n) is 1.66. The Morgan fingerprint density at radius 2 is 2.15 bits per heavy atom. The van der Waals surface area contributed by atoms with Crippen LogP contribution in [0.4, 0.5) is 0 Å². The van der Waals surface area contributed by atoms with Crippen molar-refractivity contribution in [3.05, 3.63) is 23.9 Å². The smallest absolute Gasteiger partial charge is 0.340 e. The largest absolute Gasteiger partial charge is 0.481 e. The molecule has 0 bridgehead atoms. The van der Waals surface area contributed by atoms with Crippen LogP contribution in [-0.2, 0) is 9.53 Å². The van der Waals surface area contributed by atoms with Gasteiger partial charge >= 0.3 is 5.97 Å². The molecule has 0 aliphatic carbocycles. The summed E-state index contributed by atoms with van der Waals surface area (Å²) in [6, 6.07) is 3.17. The number of pyridine rings is 1. The van der Waals surface area contributed by atoms with Crippen molar-refractivity contribution in [3.63, 3.8) is 0 Å². The molecule has 1 atom stereocenters. The molecule has 0 aliphatic heterocycles. The number of ether oxygens (including phenoxy) is 2. The first-order valence-electron chi connectivity index (χ1n) is 6.53. The first kappa shape index (κ1) is 15.9. The lowest BCUT2D eigenvalue weighted by molar-refractivity contribution is -0.124. The normalized spacial score (nSPS) is 11.6. The van der Waals surface area contributed by atoms with Crippen LogP contribution in [0.15, 0.2) is 18.3 Å². The number of hydrogen-bond donors (Lipinski definition) is 1. The highest BCUT2D eigenvalue weighted by Crippen LogP contribution is 2.07. The molecule has 0 saturated carbocycles. The van der Waals surface area contributed by atoms with E-state index in [1.54, 1.807) is 6.07 Å². The van der Waals surface area contributed by atoms with E-state index in [4.69, 9.17) is 9.47 Å². The Balaban J connectivity index is 2.40. The summed E-state index contributed by atoms with van der Waals surface area (Å²) < 4.78 is 9.80. The number of carbonyl (C=O) groups excluding carboxylic acids is 2. The third-order valence-corrected chi connectivity index (χ3v) is 2.64. The van der Waals surface area contributed by atoms with E-state index in [9.17, 15) is 9.59 Å². The van der Waals surface area contributed by atoms with Gasteiger partial charge in [-0.2, -0.15) is 0 Å². The van der Waals surface area contributed by atoms with Crippen LogP contribution in [0.1, 0.15) is 37.0 Å². The molecule has 0 unspecified atom stereocenters. The molecule has 0 aliphatic rings. The summed E-state index contributed by atoms with van der Waals surface area (Å²) in [5.41, 5.74) is 0.278. The molecular formula is C14H20N2O4. The summed E-state index contributed by atoms with van der Waals surface area (Å²) in [5.74, 6) is -0.480. The van der Waals surface area contributed by atoms with Crippen molar-refractivity contribution in [2.75, 3.05) is 13.7 Å². The van der Waals surface area contributed by atoms with E-state index in [-0.39, 0.29) is 24.1 Å². The molecule has 1 N–H and O–H groups in total. The minimum absolute atomic E-state index is 0.0776. The van der Waals surface area contributed by atoms with Crippen LogP contribution >= 0.6 is 0 Å². The van der Waals surface area contributed by atoms with Gasteiger partial charge in [0.1, 0.15) is 0 Å². The maximum absolute atomic E-state index is 11.7. The van der Waals surface area contributed by atoms with Gasteiger partial charge in [0.2, 0.25) is 5.88 Å². The summed E-state index contributed by atoms with van der Waals surface area (Å²) in [5, 5.41) is 2.75. The van der Waals surface area contributed by atoms with Crippen LogP contribution in [0, 0.1) is 0 Å². The Labute approximate surface area is 118 Å². The first-order valence-corrected chi connectivity index (χ1v) is 6.53. The van der Waals surface area contributed by atoms with Crippen LogP contribution in [0.5, 0.6) is 5.88 Å². The van der Waals surface area contributed by atoms with Gasteiger partial charge in [0.15, 0.2) is 6.61 Å². The molecule has 0 aromatic carbocycles. The second-order valence-electron chi connectivity index (χ2n) is 4.42. The van der Waals surface area contributed by atoms with Gasteiger partial charge in [-0.1, -0.05) is 13.3 Å². The predicted octanol–water partition coefficient (Wildman–Crippen LogP) is 1.55. The van der Waals surface area contributed by atoms with Gasteiger partial charge in [0, 0.05) is 18.3 Å². The van der Waals surface area contributed by atoms with E-state index in [0.717, 1.165) is 12.8 Å². The molecule has 1 heterocycles. The fraction of sp³-hybridized carbons (Fsp3) is 0.500. The predicted molar refractivity (Wildman–Crippen MR) is 73.6 cm³/mol. The number of esters is 1. The number of methoxy groups -OCH3 is 1. The molecule has 6 heteroatoms. The van der Waals surface area contributed by atoms with Crippen molar-refractivity contribution in [1.29, 1.82) is 0 Å². The summed E-state index contributed by atoms with van der Waals surface area (Å²) >= 11 is 0. The topological polar surface area (TPSA) is 77.5 Å². The van der Waals surface area contributed by atoms with Crippen LogP contribution in [-0.4, -0.2) is 36.6 Å². The molecule has 0 radical (unpaired) electrons. The van der Waals surface area contributed by atoms with Gasteiger partial charge in [0.05, 0.1) is 12.7 Å². The van der Waals surface area contributed by atoms with Crippen molar-refractivity contribution in [2.45, 2.75) is 32.7 Å². The molecule has 0 spiro atoms. The molecular weight excluding hydrogens is 260 g/mol. The van der Waals surface area contributed by atoms with Crippen LogP contribution in [0.25, 0.3) is 0 Å². The molecule has 0 fully saturated rings. The third kappa shape index (κ3) is 5.26. The van der Waals surface area contributed by atoms with Gasteiger partial charge in [-0.05, 0) is 19.4 Å². The Hall–Kier alpha value is -2.11. The summed E-state index contributed by atoms with van der Waals surface area (Å²) in [6.45, 7) is 3.66. The van der Waals surface area contributed by atoms with Crippen LogP contribution < -0.4 is 10.1 Å². The van der Waals surface area contributed by atoms with E-state index in [2.05, 4.69) is 10.3 Å².